The first kappa shape index (κ1) is 30.5. The molecule has 3 aromatic rings. The summed E-state index contributed by atoms with van der Waals surface area (Å²) in [6, 6.07) is 7.69. The van der Waals surface area contributed by atoms with Crippen molar-refractivity contribution in [3.63, 3.8) is 0 Å². The number of aromatic nitrogens is 3. The molecule has 2 N–H and O–H groups in total. The molecule has 0 saturated carbocycles. The van der Waals surface area contributed by atoms with Gasteiger partial charge in [0.15, 0.2) is 0 Å². The molecule has 0 atom stereocenters. The number of benzene rings is 1. The normalized spacial score (nSPS) is 17.5. The van der Waals surface area contributed by atoms with E-state index in [1.807, 2.05) is 4.90 Å². The quantitative estimate of drug-likeness (QED) is 0.248. The Morgan fingerprint density at radius 1 is 1.00 bits per heavy atom. The van der Waals surface area contributed by atoms with E-state index in [2.05, 4.69) is 25.6 Å². The number of carbonyl (C=O) groups is 2. The number of nitrogens with zero attached hydrogens (tertiary/aromatic N) is 4. The predicted octanol–water partition coefficient (Wildman–Crippen LogP) is 5.91. The zero-order valence-electron chi connectivity index (χ0n) is 22.3. The summed E-state index contributed by atoms with van der Waals surface area (Å²) in [6.07, 6.45) is -5.12. The van der Waals surface area contributed by atoms with Gasteiger partial charge in [-0.2, -0.15) is 26.3 Å². The van der Waals surface area contributed by atoms with Crippen molar-refractivity contribution in [1.29, 1.82) is 0 Å². The molecule has 2 amide bonds. The van der Waals surface area contributed by atoms with Gasteiger partial charge in [0.2, 0.25) is 5.95 Å². The molecule has 2 saturated heterocycles. The van der Waals surface area contributed by atoms with E-state index in [0.29, 0.717) is 49.0 Å². The molecule has 0 unspecified atom stereocenters. The van der Waals surface area contributed by atoms with Gasteiger partial charge in [-0.15, -0.1) is 0 Å². The Morgan fingerprint density at radius 3 is 2.44 bits per heavy atom. The third-order valence-corrected chi connectivity index (χ3v) is 7.77. The van der Waals surface area contributed by atoms with Gasteiger partial charge in [-0.25, -0.2) is 9.97 Å². The molecule has 43 heavy (non-hydrogen) atoms. The van der Waals surface area contributed by atoms with Gasteiger partial charge in [0.25, 0.3) is 11.1 Å². The summed E-state index contributed by atoms with van der Waals surface area (Å²) in [7, 11) is 0. The largest absolute Gasteiger partial charge is 0.417 e. The molecule has 8 nitrogen and oxygen atoms in total. The third kappa shape index (κ3) is 7.51. The number of hydrogen-bond donors (Lipinski definition) is 2. The summed E-state index contributed by atoms with van der Waals surface area (Å²) in [6.45, 7) is 2.26. The number of piperidine rings is 1. The molecule has 4 heterocycles. The summed E-state index contributed by atoms with van der Waals surface area (Å²) in [4.78, 5) is 38.6. The second kappa shape index (κ2) is 12.3. The Morgan fingerprint density at radius 2 is 1.77 bits per heavy atom. The van der Waals surface area contributed by atoms with Crippen LogP contribution in [-0.2, 0) is 23.7 Å². The number of pyridine rings is 1. The van der Waals surface area contributed by atoms with Gasteiger partial charge >= 0.3 is 12.4 Å². The van der Waals surface area contributed by atoms with Gasteiger partial charge in [0, 0.05) is 31.4 Å². The number of thioether (sulfide) groups is 1. The Labute approximate surface area is 246 Å². The molecular weight excluding hydrogens is 598 g/mol. The minimum Gasteiger partial charge on any atom is -0.341 e. The fraction of sp³-hybridized carbons (Fsp3) is 0.321. The number of carbonyl (C=O) groups excluding carboxylic acids is 2. The summed E-state index contributed by atoms with van der Waals surface area (Å²) < 4.78 is 80.0. The van der Waals surface area contributed by atoms with Gasteiger partial charge in [-0.1, -0.05) is 12.1 Å². The second-order valence-electron chi connectivity index (χ2n) is 9.97. The van der Waals surface area contributed by atoms with E-state index in [-0.39, 0.29) is 23.2 Å². The predicted molar refractivity (Wildman–Crippen MR) is 147 cm³/mol. The third-order valence-electron chi connectivity index (χ3n) is 6.96. The number of halogens is 6. The molecule has 2 aliphatic heterocycles. The zero-order valence-corrected chi connectivity index (χ0v) is 23.1. The van der Waals surface area contributed by atoms with Gasteiger partial charge in [-0.3, -0.25) is 19.9 Å². The highest BCUT2D eigenvalue weighted by Gasteiger charge is 2.38. The van der Waals surface area contributed by atoms with E-state index in [1.54, 1.807) is 18.3 Å². The van der Waals surface area contributed by atoms with Crippen LogP contribution in [0.15, 0.2) is 53.6 Å². The fourth-order valence-corrected chi connectivity index (χ4v) is 5.46. The first-order chi connectivity index (χ1) is 20.4. The van der Waals surface area contributed by atoms with Crippen molar-refractivity contribution in [2.75, 3.05) is 24.5 Å². The van der Waals surface area contributed by atoms with Crippen molar-refractivity contribution < 1.29 is 35.9 Å². The van der Waals surface area contributed by atoms with Crippen LogP contribution in [0.1, 0.15) is 35.4 Å². The van der Waals surface area contributed by atoms with E-state index in [1.165, 1.54) is 18.2 Å². The van der Waals surface area contributed by atoms with Crippen LogP contribution < -0.4 is 15.5 Å². The molecule has 0 aliphatic carbocycles. The average molecular weight is 623 g/mol. The van der Waals surface area contributed by atoms with Crippen molar-refractivity contribution in [2.24, 2.45) is 5.92 Å². The lowest BCUT2D eigenvalue weighted by Gasteiger charge is -2.32. The molecule has 5 rings (SSSR count). The molecule has 226 valence electrons. The number of amides is 2. The molecular formula is C28H24F6N6O2S. The van der Waals surface area contributed by atoms with Crippen LogP contribution in [0.4, 0.5) is 37.1 Å². The number of alkyl halides is 6. The Kier molecular flexibility index (Phi) is 8.74. The Hall–Kier alpha value is -3.98. The van der Waals surface area contributed by atoms with Crippen molar-refractivity contribution in [1.82, 2.24) is 25.6 Å². The van der Waals surface area contributed by atoms with E-state index in [4.69, 9.17) is 0 Å². The molecule has 0 bridgehead atoms. The lowest BCUT2D eigenvalue weighted by atomic mass is 9.97. The van der Waals surface area contributed by atoms with Gasteiger partial charge in [0.1, 0.15) is 0 Å². The highest BCUT2D eigenvalue weighted by Crippen LogP contribution is 2.40. The van der Waals surface area contributed by atoms with Crippen molar-refractivity contribution >= 4 is 34.9 Å². The van der Waals surface area contributed by atoms with E-state index < -0.39 is 40.2 Å². The van der Waals surface area contributed by atoms with Crippen molar-refractivity contribution in [3.05, 3.63) is 76.1 Å². The lowest BCUT2D eigenvalue weighted by molar-refractivity contribution is -0.142. The number of nitrogens with one attached hydrogen (secondary N) is 2. The van der Waals surface area contributed by atoms with Crippen LogP contribution in [0.25, 0.3) is 17.3 Å². The Bertz CT molecular complexity index is 1550. The molecule has 2 aromatic heterocycles. The smallest absolute Gasteiger partial charge is 0.341 e. The summed E-state index contributed by atoms with van der Waals surface area (Å²) >= 11 is 0.812. The maximum atomic E-state index is 13.6. The van der Waals surface area contributed by atoms with Crippen LogP contribution in [0, 0.1) is 5.92 Å². The summed E-state index contributed by atoms with van der Waals surface area (Å²) in [5.41, 5.74) is -2.29. The minimum absolute atomic E-state index is 0.0645. The van der Waals surface area contributed by atoms with Crippen LogP contribution in [0.5, 0.6) is 0 Å². The average Bonchev–Trinajstić information content (AvgIpc) is 3.28. The molecule has 0 radical (unpaired) electrons. The minimum atomic E-state index is -4.99. The number of anilines is 1. The molecule has 15 heteroatoms. The van der Waals surface area contributed by atoms with Crippen LogP contribution >= 0.6 is 11.8 Å². The SMILES string of the molecule is O=C1NC(=O)/C(=C\c2ccnc(N3CCC(CNCc4cccc(-c5ccc(C(F)(F)F)cc5C(F)(F)F)n4)CC3)n2)S1. The maximum absolute atomic E-state index is 13.6. The summed E-state index contributed by atoms with van der Waals surface area (Å²) in [5.74, 6) is 0.357. The van der Waals surface area contributed by atoms with Crippen LogP contribution in [0.3, 0.4) is 0 Å². The molecule has 0 spiro atoms. The first-order valence-electron chi connectivity index (χ1n) is 13.1. The lowest BCUT2D eigenvalue weighted by Crippen LogP contribution is -2.38. The van der Waals surface area contributed by atoms with Crippen molar-refractivity contribution in [3.8, 4) is 11.3 Å². The topological polar surface area (TPSA) is 100 Å². The second-order valence-corrected chi connectivity index (χ2v) is 11.0. The van der Waals surface area contributed by atoms with E-state index in [9.17, 15) is 35.9 Å². The number of hydrogen-bond acceptors (Lipinski definition) is 8. The fourth-order valence-electron chi connectivity index (χ4n) is 4.80. The van der Waals surface area contributed by atoms with Crippen LogP contribution in [-0.4, -0.2) is 45.7 Å². The van der Waals surface area contributed by atoms with Gasteiger partial charge < -0.3 is 10.2 Å². The maximum Gasteiger partial charge on any atom is 0.417 e. The zero-order chi connectivity index (χ0) is 30.8. The van der Waals surface area contributed by atoms with E-state index in [0.717, 1.165) is 30.7 Å². The highest BCUT2D eigenvalue weighted by atomic mass is 32.2. The van der Waals surface area contributed by atoms with Crippen molar-refractivity contribution in [2.45, 2.75) is 31.7 Å². The molecule has 2 fully saturated rings. The summed E-state index contributed by atoms with van der Waals surface area (Å²) in [5, 5.41) is 5.05. The van der Waals surface area contributed by atoms with Gasteiger partial charge in [0.05, 0.1) is 33.1 Å². The molecule has 1 aromatic carbocycles. The molecule has 2 aliphatic rings. The van der Waals surface area contributed by atoms with Gasteiger partial charge in [-0.05, 0) is 73.5 Å². The Balaban J connectivity index is 1.16. The standard InChI is InChI=1S/C28H24F6N6O2S/c29-27(30,31)17-4-5-20(21(12-17)28(32,33)34)22-3-1-2-19(37-22)15-35-14-16-7-10-40(11-8-16)25-36-9-6-18(38-25)13-23-24(41)39-26(42)43-23/h1-6,9,12-13,16,35H,7-8,10-11,14-15H2,(H,39,41,42)/b23-13+. The first-order valence-corrected chi connectivity index (χ1v) is 14.0. The number of rotatable bonds is 7. The van der Waals surface area contributed by atoms with Crippen LogP contribution in [0.2, 0.25) is 0 Å². The van der Waals surface area contributed by atoms with E-state index >= 15 is 0 Å². The monoisotopic (exact) mass is 622 g/mol. The highest BCUT2D eigenvalue weighted by molar-refractivity contribution is 8.18. The number of imide groups is 1.